The van der Waals surface area contributed by atoms with Crippen molar-refractivity contribution in [1.29, 1.82) is 0 Å². The molecule has 0 bridgehead atoms. The summed E-state index contributed by atoms with van der Waals surface area (Å²) < 4.78 is 5.17. The summed E-state index contributed by atoms with van der Waals surface area (Å²) in [5.41, 5.74) is 0.990. The van der Waals surface area contributed by atoms with Gasteiger partial charge in [0.2, 0.25) is 5.91 Å². The minimum absolute atomic E-state index is 0.206. The van der Waals surface area contributed by atoms with Crippen LogP contribution in [0.2, 0.25) is 0 Å². The number of hydrogen-bond donors (Lipinski definition) is 1. The van der Waals surface area contributed by atoms with Gasteiger partial charge in [-0.15, -0.1) is 0 Å². The van der Waals surface area contributed by atoms with Crippen molar-refractivity contribution in [2.24, 2.45) is 0 Å². The molecule has 23 heavy (non-hydrogen) atoms. The number of nitrogens with one attached hydrogen (secondary N) is 1. The van der Waals surface area contributed by atoms with Crippen LogP contribution in [-0.2, 0) is 11.3 Å². The van der Waals surface area contributed by atoms with Crippen molar-refractivity contribution in [3.8, 4) is 0 Å². The number of benzene rings is 1. The van der Waals surface area contributed by atoms with E-state index >= 15 is 0 Å². The van der Waals surface area contributed by atoms with Gasteiger partial charge in [-0.2, -0.15) is 15.0 Å². The largest absolute Gasteiger partial charge is 0.465 e. The Hall–Kier alpha value is -3.15. The summed E-state index contributed by atoms with van der Waals surface area (Å²) in [5.74, 6) is 0.424. The van der Waals surface area contributed by atoms with Crippen LogP contribution in [0.4, 0.5) is 0 Å². The summed E-state index contributed by atoms with van der Waals surface area (Å²) in [4.78, 5) is 13.7. The van der Waals surface area contributed by atoms with Gasteiger partial charge in [-0.1, -0.05) is 30.3 Å². The summed E-state index contributed by atoms with van der Waals surface area (Å²) in [6, 6.07) is 13.1. The average molecular weight is 308 g/mol. The van der Waals surface area contributed by atoms with Gasteiger partial charge in [0.1, 0.15) is 5.76 Å². The molecule has 1 aromatic carbocycles. The van der Waals surface area contributed by atoms with Crippen LogP contribution in [0.3, 0.4) is 0 Å². The highest BCUT2D eigenvalue weighted by molar-refractivity contribution is 5.91. The molecule has 0 aliphatic carbocycles. The first-order valence-corrected chi connectivity index (χ1v) is 7.22. The molecule has 116 valence electrons. The fourth-order valence-electron chi connectivity index (χ4n) is 2.18. The zero-order valence-electron chi connectivity index (χ0n) is 12.4. The third-order valence-electron chi connectivity index (χ3n) is 3.27. The van der Waals surface area contributed by atoms with Gasteiger partial charge in [0.05, 0.1) is 31.2 Å². The Morgan fingerprint density at radius 1 is 1.17 bits per heavy atom. The number of carbonyl (C=O) groups excluding carboxylic acids is 1. The lowest BCUT2D eigenvalue weighted by atomic mass is 10.1. The van der Waals surface area contributed by atoms with Gasteiger partial charge in [0, 0.05) is 6.08 Å². The maximum Gasteiger partial charge on any atom is 0.244 e. The number of amides is 1. The van der Waals surface area contributed by atoms with Gasteiger partial charge >= 0.3 is 0 Å². The third-order valence-corrected chi connectivity index (χ3v) is 3.27. The van der Waals surface area contributed by atoms with E-state index in [-0.39, 0.29) is 11.9 Å². The predicted molar refractivity (Wildman–Crippen MR) is 85.1 cm³/mol. The van der Waals surface area contributed by atoms with Gasteiger partial charge < -0.3 is 9.73 Å². The Kier molecular flexibility index (Phi) is 4.63. The normalized spacial score (nSPS) is 12.3. The molecule has 2 heterocycles. The molecule has 0 aliphatic rings. The van der Waals surface area contributed by atoms with Crippen LogP contribution in [0, 0.1) is 0 Å². The standard InChI is InChI=1S/C17H16N4O2/c22-17(9-8-15-7-4-12-23-15)20-16(13-21-18-10-11-19-21)14-5-2-1-3-6-14/h1-12,16H,13H2,(H,20,22)/b9-8+/t16-/m1/s1. The lowest BCUT2D eigenvalue weighted by molar-refractivity contribution is -0.117. The Labute approximate surface area is 133 Å². The Morgan fingerprint density at radius 3 is 2.65 bits per heavy atom. The number of rotatable bonds is 6. The summed E-state index contributed by atoms with van der Waals surface area (Å²) in [7, 11) is 0. The predicted octanol–water partition coefficient (Wildman–Crippen LogP) is 2.44. The van der Waals surface area contributed by atoms with Crippen LogP contribution in [0.15, 0.2) is 71.6 Å². The molecule has 0 saturated carbocycles. The molecule has 0 spiro atoms. The molecule has 3 aromatic rings. The number of furan rings is 1. The van der Waals surface area contributed by atoms with E-state index in [1.807, 2.05) is 30.3 Å². The second kappa shape index (κ2) is 7.22. The highest BCUT2D eigenvalue weighted by Crippen LogP contribution is 2.14. The summed E-state index contributed by atoms with van der Waals surface area (Å²) in [5, 5.41) is 11.2. The number of aromatic nitrogens is 3. The zero-order chi connectivity index (χ0) is 15.9. The molecule has 2 aromatic heterocycles. The summed E-state index contributed by atoms with van der Waals surface area (Å²) in [6.07, 6.45) is 7.87. The van der Waals surface area contributed by atoms with E-state index in [1.54, 1.807) is 41.7 Å². The number of nitrogens with zero attached hydrogens (tertiary/aromatic N) is 3. The molecule has 1 amide bonds. The SMILES string of the molecule is O=C(/C=C/c1ccco1)N[C@H](Cn1nccn1)c1ccccc1. The van der Waals surface area contributed by atoms with E-state index in [0.29, 0.717) is 12.3 Å². The van der Waals surface area contributed by atoms with Crippen LogP contribution in [-0.4, -0.2) is 20.9 Å². The van der Waals surface area contributed by atoms with Gasteiger partial charge in [-0.3, -0.25) is 4.79 Å². The van der Waals surface area contributed by atoms with Crippen molar-refractivity contribution >= 4 is 12.0 Å². The minimum atomic E-state index is -0.225. The second-order valence-corrected chi connectivity index (χ2v) is 4.90. The third kappa shape index (κ3) is 4.16. The van der Waals surface area contributed by atoms with E-state index in [0.717, 1.165) is 5.56 Å². The molecular weight excluding hydrogens is 292 g/mol. The van der Waals surface area contributed by atoms with Crippen molar-refractivity contribution in [3.05, 3.63) is 78.5 Å². The first-order chi connectivity index (χ1) is 11.3. The monoisotopic (exact) mass is 308 g/mol. The molecular formula is C17H16N4O2. The minimum Gasteiger partial charge on any atom is -0.465 e. The van der Waals surface area contributed by atoms with Gasteiger partial charge in [-0.05, 0) is 23.8 Å². The van der Waals surface area contributed by atoms with Crippen molar-refractivity contribution in [1.82, 2.24) is 20.3 Å². The molecule has 0 unspecified atom stereocenters. The molecule has 0 fully saturated rings. The molecule has 6 heteroatoms. The lowest BCUT2D eigenvalue weighted by Gasteiger charge is -2.17. The van der Waals surface area contributed by atoms with Crippen LogP contribution in [0.1, 0.15) is 17.4 Å². The fourth-order valence-corrected chi connectivity index (χ4v) is 2.18. The first kappa shape index (κ1) is 14.8. The smallest absolute Gasteiger partial charge is 0.244 e. The van der Waals surface area contributed by atoms with Crippen molar-refractivity contribution in [3.63, 3.8) is 0 Å². The molecule has 6 nitrogen and oxygen atoms in total. The van der Waals surface area contributed by atoms with E-state index < -0.39 is 0 Å². The van der Waals surface area contributed by atoms with Crippen LogP contribution < -0.4 is 5.32 Å². The van der Waals surface area contributed by atoms with E-state index in [1.165, 1.54) is 6.08 Å². The van der Waals surface area contributed by atoms with Crippen molar-refractivity contribution in [2.45, 2.75) is 12.6 Å². The Morgan fingerprint density at radius 2 is 1.96 bits per heavy atom. The van der Waals surface area contributed by atoms with Crippen LogP contribution in [0.25, 0.3) is 6.08 Å². The highest BCUT2D eigenvalue weighted by Gasteiger charge is 2.14. The van der Waals surface area contributed by atoms with Crippen LogP contribution >= 0.6 is 0 Å². The lowest BCUT2D eigenvalue weighted by Crippen LogP contribution is -2.30. The van der Waals surface area contributed by atoms with Gasteiger partial charge in [-0.25, -0.2) is 0 Å². The molecule has 3 rings (SSSR count). The fraction of sp³-hybridized carbons (Fsp3) is 0.118. The average Bonchev–Trinajstić information content (AvgIpc) is 3.27. The first-order valence-electron chi connectivity index (χ1n) is 7.22. The van der Waals surface area contributed by atoms with Crippen molar-refractivity contribution in [2.75, 3.05) is 0 Å². The highest BCUT2D eigenvalue weighted by atomic mass is 16.3. The topological polar surface area (TPSA) is 73.0 Å². The van der Waals surface area contributed by atoms with E-state index in [9.17, 15) is 4.79 Å². The van der Waals surface area contributed by atoms with E-state index in [2.05, 4.69) is 15.5 Å². The molecule has 1 atom stereocenters. The molecule has 0 radical (unpaired) electrons. The van der Waals surface area contributed by atoms with Crippen molar-refractivity contribution < 1.29 is 9.21 Å². The Balaban J connectivity index is 1.71. The molecule has 1 N–H and O–H groups in total. The Bertz CT molecular complexity index is 749. The van der Waals surface area contributed by atoms with E-state index in [4.69, 9.17) is 4.42 Å². The maximum atomic E-state index is 12.2. The summed E-state index contributed by atoms with van der Waals surface area (Å²) in [6.45, 7) is 0.456. The molecule has 0 saturated heterocycles. The molecule has 0 aliphatic heterocycles. The quantitative estimate of drug-likeness (QED) is 0.710. The zero-order valence-corrected chi connectivity index (χ0v) is 12.4. The van der Waals surface area contributed by atoms with Gasteiger partial charge in [0.25, 0.3) is 0 Å². The van der Waals surface area contributed by atoms with Gasteiger partial charge in [0.15, 0.2) is 0 Å². The summed E-state index contributed by atoms with van der Waals surface area (Å²) >= 11 is 0. The number of carbonyl (C=O) groups is 1. The van der Waals surface area contributed by atoms with Crippen LogP contribution in [0.5, 0.6) is 0 Å². The second-order valence-electron chi connectivity index (χ2n) is 4.90. The maximum absolute atomic E-state index is 12.2. The number of hydrogen-bond acceptors (Lipinski definition) is 4.